The van der Waals surface area contributed by atoms with Gasteiger partial charge in [-0.3, -0.25) is 0 Å². The molecule has 1 aromatic carbocycles. The van der Waals surface area contributed by atoms with Gasteiger partial charge in [0.05, 0.1) is 13.2 Å². The van der Waals surface area contributed by atoms with Gasteiger partial charge < -0.3 is 9.64 Å². The minimum Gasteiger partial charge on any atom is -0.378 e. The van der Waals surface area contributed by atoms with E-state index in [1.54, 1.807) is 0 Å². The van der Waals surface area contributed by atoms with E-state index in [0.29, 0.717) is 0 Å². The number of nitrogens with zero attached hydrogens (tertiary/aromatic N) is 1. The summed E-state index contributed by atoms with van der Waals surface area (Å²) in [5.41, 5.74) is 2.63. The predicted octanol–water partition coefficient (Wildman–Crippen LogP) is 3.64. The van der Waals surface area contributed by atoms with Crippen molar-refractivity contribution < 1.29 is 4.74 Å². The number of anilines is 1. The third-order valence-electron chi connectivity index (χ3n) is 2.91. The Morgan fingerprint density at radius 3 is 2.00 bits per heavy atom. The maximum absolute atomic E-state index is 5.30. The Balaban J connectivity index is 0.000000317. The molecule has 0 aromatic heterocycles. The lowest BCUT2D eigenvalue weighted by atomic mass is 10.2. The van der Waals surface area contributed by atoms with Gasteiger partial charge in [0.25, 0.3) is 0 Å². The van der Waals surface area contributed by atoms with E-state index in [1.807, 2.05) is 0 Å². The molecule has 1 fully saturated rings. The van der Waals surface area contributed by atoms with E-state index in [1.165, 1.54) is 24.1 Å². The van der Waals surface area contributed by atoms with Crippen LogP contribution in [0.3, 0.4) is 0 Å². The Labute approximate surface area is 106 Å². The maximum Gasteiger partial charge on any atom is 0.0642 e. The van der Waals surface area contributed by atoms with Gasteiger partial charge in [-0.1, -0.05) is 44.4 Å². The molecular weight excluding hydrogens is 210 g/mol. The Bertz CT molecular complexity index is 286. The number of morpholine rings is 1. The van der Waals surface area contributed by atoms with Crippen molar-refractivity contribution in [3.63, 3.8) is 0 Å². The lowest BCUT2D eigenvalue weighted by molar-refractivity contribution is 0.122. The first-order valence-electron chi connectivity index (χ1n) is 6.67. The molecule has 1 aliphatic rings. The van der Waals surface area contributed by atoms with Gasteiger partial charge in [0.2, 0.25) is 0 Å². The zero-order valence-corrected chi connectivity index (χ0v) is 11.4. The smallest absolute Gasteiger partial charge is 0.0642 e. The molecule has 96 valence electrons. The lowest BCUT2D eigenvalue weighted by Gasteiger charge is -2.28. The molecule has 17 heavy (non-hydrogen) atoms. The van der Waals surface area contributed by atoms with E-state index < -0.39 is 0 Å². The lowest BCUT2D eigenvalue weighted by Crippen LogP contribution is -2.36. The zero-order valence-electron chi connectivity index (χ0n) is 11.4. The summed E-state index contributed by atoms with van der Waals surface area (Å²) in [4.78, 5) is 2.36. The summed E-state index contributed by atoms with van der Waals surface area (Å²) < 4.78 is 5.30. The van der Waals surface area contributed by atoms with Gasteiger partial charge in [0.15, 0.2) is 0 Å². The average molecular weight is 235 g/mol. The van der Waals surface area contributed by atoms with Crippen molar-refractivity contribution >= 4 is 5.69 Å². The third-order valence-corrected chi connectivity index (χ3v) is 2.91. The molecular formula is C15H25NO. The molecule has 0 atom stereocenters. The Morgan fingerprint density at radius 1 is 1.00 bits per heavy atom. The van der Waals surface area contributed by atoms with Crippen molar-refractivity contribution in [1.29, 1.82) is 0 Å². The molecule has 0 saturated carbocycles. The molecule has 0 unspecified atom stereocenters. The monoisotopic (exact) mass is 235 g/mol. The number of hydrogen-bond acceptors (Lipinski definition) is 2. The van der Waals surface area contributed by atoms with Crippen LogP contribution in [0.25, 0.3) is 0 Å². The van der Waals surface area contributed by atoms with Crippen molar-refractivity contribution in [2.75, 3.05) is 31.2 Å². The molecule has 2 heteroatoms. The number of aryl methyl sites for hydroxylation is 1. The predicted molar refractivity (Wildman–Crippen MR) is 74.8 cm³/mol. The van der Waals surface area contributed by atoms with Gasteiger partial charge in [-0.2, -0.15) is 0 Å². The standard InChI is InChI=1S/C11H15NO.C4H10/c1-10-2-4-11(5-3-10)12-6-8-13-9-7-12;1-3-4-2/h2-5H,6-9H2,1H3;3-4H2,1-2H3. The summed E-state index contributed by atoms with van der Waals surface area (Å²) in [7, 11) is 0. The molecule has 0 radical (unpaired) electrons. The zero-order chi connectivity index (χ0) is 12.5. The second-order valence-electron chi connectivity index (χ2n) is 4.43. The highest BCUT2D eigenvalue weighted by Crippen LogP contribution is 2.15. The minimum absolute atomic E-state index is 0.855. The fraction of sp³-hybridized carbons (Fsp3) is 0.600. The van der Waals surface area contributed by atoms with Crippen LogP contribution in [0.15, 0.2) is 24.3 Å². The molecule has 2 nitrogen and oxygen atoms in total. The fourth-order valence-electron chi connectivity index (χ4n) is 1.58. The molecule has 0 N–H and O–H groups in total. The number of benzene rings is 1. The molecule has 0 amide bonds. The summed E-state index contributed by atoms with van der Waals surface area (Å²) in [6, 6.07) is 8.68. The number of unbranched alkanes of at least 4 members (excludes halogenated alkanes) is 1. The largest absolute Gasteiger partial charge is 0.378 e. The SMILES string of the molecule is CCCC.Cc1ccc(N2CCOCC2)cc1. The van der Waals surface area contributed by atoms with Gasteiger partial charge in [0.1, 0.15) is 0 Å². The number of rotatable bonds is 2. The van der Waals surface area contributed by atoms with Gasteiger partial charge in [-0.25, -0.2) is 0 Å². The van der Waals surface area contributed by atoms with E-state index in [-0.39, 0.29) is 0 Å². The fourth-order valence-corrected chi connectivity index (χ4v) is 1.58. The number of ether oxygens (including phenoxy) is 1. The van der Waals surface area contributed by atoms with Gasteiger partial charge >= 0.3 is 0 Å². The van der Waals surface area contributed by atoms with Crippen molar-refractivity contribution in [2.24, 2.45) is 0 Å². The van der Waals surface area contributed by atoms with Gasteiger partial charge in [-0.15, -0.1) is 0 Å². The Hall–Kier alpha value is -1.02. The molecule has 1 heterocycles. The highest BCUT2D eigenvalue weighted by molar-refractivity contribution is 5.47. The normalized spacial score (nSPS) is 15.1. The van der Waals surface area contributed by atoms with Crippen molar-refractivity contribution in [3.8, 4) is 0 Å². The van der Waals surface area contributed by atoms with Crippen LogP contribution in [0.5, 0.6) is 0 Å². The van der Waals surface area contributed by atoms with Crippen LogP contribution >= 0.6 is 0 Å². The van der Waals surface area contributed by atoms with Crippen molar-refractivity contribution in [1.82, 2.24) is 0 Å². The first-order chi connectivity index (χ1) is 8.27. The Kier molecular flexibility index (Phi) is 6.71. The summed E-state index contributed by atoms with van der Waals surface area (Å²) in [5.74, 6) is 0. The molecule has 1 aromatic rings. The third kappa shape index (κ3) is 5.22. The Morgan fingerprint density at radius 2 is 1.53 bits per heavy atom. The molecule has 0 spiro atoms. The van der Waals surface area contributed by atoms with E-state index in [0.717, 1.165) is 26.3 Å². The van der Waals surface area contributed by atoms with Crippen LogP contribution in [0.1, 0.15) is 32.3 Å². The van der Waals surface area contributed by atoms with Gasteiger partial charge in [0, 0.05) is 18.8 Å². The molecule has 0 bridgehead atoms. The first-order valence-corrected chi connectivity index (χ1v) is 6.67. The summed E-state index contributed by atoms with van der Waals surface area (Å²) in [5, 5.41) is 0. The first kappa shape index (κ1) is 14.0. The second kappa shape index (κ2) is 8.13. The van der Waals surface area contributed by atoms with Crippen LogP contribution in [0, 0.1) is 6.92 Å². The van der Waals surface area contributed by atoms with Crippen LogP contribution < -0.4 is 4.90 Å². The van der Waals surface area contributed by atoms with E-state index in [2.05, 4.69) is 49.9 Å². The highest BCUT2D eigenvalue weighted by atomic mass is 16.5. The summed E-state index contributed by atoms with van der Waals surface area (Å²) in [6.07, 6.45) is 2.64. The summed E-state index contributed by atoms with van der Waals surface area (Å²) >= 11 is 0. The quantitative estimate of drug-likeness (QED) is 0.776. The molecule has 1 saturated heterocycles. The maximum atomic E-state index is 5.30. The van der Waals surface area contributed by atoms with Crippen LogP contribution in [0.4, 0.5) is 5.69 Å². The number of hydrogen-bond donors (Lipinski definition) is 0. The summed E-state index contributed by atoms with van der Waals surface area (Å²) in [6.45, 7) is 10.2. The van der Waals surface area contributed by atoms with E-state index in [4.69, 9.17) is 4.74 Å². The second-order valence-corrected chi connectivity index (χ2v) is 4.43. The highest BCUT2D eigenvalue weighted by Gasteiger charge is 2.09. The van der Waals surface area contributed by atoms with Crippen LogP contribution in [-0.2, 0) is 4.74 Å². The van der Waals surface area contributed by atoms with Crippen LogP contribution in [-0.4, -0.2) is 26.3 Å². The molecule has 0 aliphatic carbocycles. The average Bonchev–Trinajstić information content (AvgIpc) is 2.41. The van der Waals surface area contributed by atoms with E-state index in [9.17, 15) is 0 Å². The van der Waals surface area contributed by atoms with Gasteiger partial charge in [-0.05, 0) is 19.1 Å². The van der Waals surface area contributed by atoms with Crippen molar-refractivity contribution in [3.05, 3.63) is 29.8 Å². The van der Waals surface area contributed by atoms with Crippen LogP contribution in [0.2, 0.25) is 0 Å². The van der Waals surface area contributed by atoms with E-state index >= 15 is 0 Å². The topological polar surface area (TPSA) is 12.5 Å². The van der Waals surface area contributed by atoms with Crippen molar-refractivity contribution in [2.45, 2.75) is 33.6 Å². The molecule has 2 rings (SSSR count). The minimum atomic E-state index is 0.855. The molecule has 1 aliphatic heterocycles.